The van der Waals surface area contributed by atoms with E-state index in [1.165, 1.54) is 6.42 Å². The predicted molar refractivity (Wildman–Crippen MR) is 109 cm³/mol. The van der Waals surface area contributed by atoms with Gasteiger partial charge in [0.1, 0.15) is 0 Å². The number of amides is 2. The lowest BCUT2D eigenvalue weighted by Crippen LogP contribution is -2.51. The third kappa shape index (κ3) is 5.02. The van der Waals surface area contributed by atoms with E-state index in [9.17, 15) is 9.59 Å². The maximum Gasteiger partial charge on any atom is 0.253 e. The van der Waals surface area contributed by atoms with Crippen LogP contribution in [0.3, 0.4) is 0 Å². The highest BCUT2D eigenvalue weighted by Gasteiger charge is 2.37. The molecule has 2 aliphatic rings. The quantitative estimate of drug-likeness (QED) is 0.717. The second-order valence-corrected chi connectivity index (χ2v) is 8.70. The monoisotopic (exact) mass is 391 g/mol. The third-order valence-corrected chi connectivity index (χ3v) is 6.32. The van der Waals surface area contributed by atoms with Crippen LogP contribution in [0.15, 0.2) is 18.2 Å². The molecule has 3 rings (SSSR count). The van der Waals surface area contributed by atoms with Crippen LogP contribution in [0, 0.1) is 5.92 Å². The van der Waals surface area contributed by atoms with E-state index in [0.717, 1.165) is 51.4 Å². The molecule has 148 valence electrons. The molecular formula is C21H30ClN3O2. The van der Waals surface area contributed by atoms with Gasteiger partial charge < -0.3 is 16.4 Å². The van der Waals surface area contributed by atoms with Crippen LogP contribution < -0.4 is 16.4 Å². The van der Waals surface area contributed by atoms with E-state index in [0.29, 0.717) is 16.3 Å². The zero-order chi connectivity index (χ0) is 19.4. The second-order valence-electron chi connectivity index (χ2n) is 8.30. The highest BCUT2D eigenvalue weighted by atomic mass is 35.5. The Morgan fingerprint density at radius 2 is 1.81 bits per heavy atom. The van der Waals surface area contributed by atoms with Gasteiger partial charge in [-0.05, 0) is 50.8 Å². The summed E-state index contributed by atoms with van der Waals surface area (Å²) in [6.07, 6.45) is 9.26. The summed E-state index contributed by atoms with van der Waals surface area (Å²) in [6.45, 7) is 1.95. The highest BCUT2D eigenvalue weighted by molar-refractivity contribution is 6.34. The van der Waals surface area contributed by atoms with Crippen LogP contribution in [-0.4, -0.2) is 23.4 Å². The van der Waals surface area contributed by atoms with E-state index in [-0.39, 0.29) is 23.8 Å². The molecule has 0 saturated heterocycles. The summed E-state index contributed by atoms with van der Waals surface area (Å²) in [6, 6.07) is 5.26. The number of halogens is 1. The summed E-state index contributed by atoms with van der Waals surface area (Å²) in [4.78, 5) is 25.4. The Hall–Kier alpha value is -1.59. The second kappa shape index (κ2) is 8.61. The van der Waals surface area contributed by atoms with Crippen molar-refractivity contribution in [3.63, 3.8) is 0 Å². The summed E-state index contributed by atoms with van der Waals surface area (Å²) in [5, 5.41) is 6.40. The highest BCUT2D eigenvalue weighted by Crippen LogP contribution is 2.33. The topological polar surface area (TPSA) is 84.2 Å². The molecular weight excluding hydrogens is 362 g/mol. The van der Waals surface area contributed by atoms with Crippen molar-refractivity contribution in [1.29, 1.82) is 0 Å². The molecule has 2 fully saturated rings. The molecule has 0 bridgehead atoms. The van der Waals surface area contributed by atoms with E-state index >= 15 is 0 Å². The third-order valence-electron chi connectivity index (χ3n) is 5.99. The van der Waals surface area contributed by atoms with Gasteiger partial charge >= 0.3 is 0 Å². The fourth-order valence-electron chi connectivity index (χ4n) is 4.31. The van der Waals surface area contributed by atoms with Crippen LogP contribution in [-0.2, 0) is 4.79 Å². The van der Waals surface area contributed by atoms with Gasteiger partial charge in [-0.25, -0.2) is 0 Å². The Bertz CT molecular complexity index is 699. The summed E-state index contributed by atoms with van der Waals surface area (Å²) in [7, 11) is 0. The van der Waals surface area contributed by atoms with E-state index in [1.807, 2.05) is 6.92 Å². The van der Waals surface area contributed by atoms with Crippen LogP contribution in [0.25, 0.3) is 0 Å². The summed E-state index contributed by atoms with van der Waals surface area (Å²) in [5.41, 5.74) is 6.83. The first-order chi connectivity index (χ1) is 12.9. The molecule has 0 heterocycles. The number of carbonyl (C=O) groups is 2. The van der Waals surface area contributed by atoms with Gasteiger partial charge in [0.2, 0.25) is 5.91 Å². The predicted octanol–water partition coefficient (Wildman–Crippen LogP) is 4.25. The first-order valence-electron chi connectivity index (χ1n) is 10.1. The van der Waals surface area contributed by atoms with Crippen LogP contribution in [0.5, 0.6) is 0 Å². The molecule has 0 aromatic heterocycles. The lowest BCUT2D eigenvalue weighted by molar-refractivity contribution is -0.122. The minimum atomic E-state index is -0.490. The Kier molecular flexibility index (Phi) is 6.43. The first-order valence-corrected chi connectivity index (χ1v) is 10.4. The number of benzene rings is 1. The van der Waals surface area contributed by atoms with Gasteiger partial charge in [-0.2, -0.15) is 0 Å². The lowest BCUT2D eigenvalue weighted by atomic mass is 9.74. The molecule has 2 aliphatic carbocycles. The minimum absolute atomic E-state index is 0.0827. The van der Waals surface area contributed by atoms with Crippen molar-refractivity contribution in [2.75, 3.05) is 5.32 Å². The minimum Gasteiger partial charge on any atom is -0.349 e. The smallest absolute Gasteiger partial charge is 0.253 e. The van der Waals surface area contributed by atoms with Crippen LogP contribution >= 0.6 is 11.6 Å². The Morgan fingerprint density at radius 1 is 1.11 bits per heavy atom. The van der Waals surface area contributed by atoms with E-state index in [1.54, 1.807) is 18.2 Å². The number of anilines is 1. The zero-order valence-electron chi connectivity index (χ0n) is 16.0. The van der Waals surface area contributed by atoms with Crippen molar-refractivity contribution in [2.24, 2.45) is 11.7 Å². The molecule has 2 amide bonds. The number of hydrogen-bond donors (Lipinski definition) is 3. The molecule has 0 aliphatic heterocycles. The molecule has 27 heavy (non-hydrogen) atoms. The Balaban J connectivity index is 1.69. The summed E-state index contributed by atoms with van der Waals surface area (Å²) < 4.78 is 0. The van der Waals surface area contributed by atoms with Crippen molar-refractivity contribution in [2.45, 2.75) is 76.3 Å². The maximum absolute atomic E-state index is 12.7. The van der Waals surface area contributed by atoms with Crippen molar-refractivity contribution in [1.82, 2.24) is 5.32 Å². The van der Waals surface area contributed by atoms with Crippen molar-refractivity contribution in [3.05, 3.63) is 28.8 Å². The maximum atomic E-state index is 12.7. The van der Waals surface area contributed by atoms with Crippen LogP contribution in [0.1, 0.15) is 75.1 Å². The lowest BCUT2D eigenvalue weighted by Gasteiger charge is -2.37. The van der Waals surface area contributed by atoms with Crippen molar-refractivity contribution in [3.8, 4) is 0 Å². The number of rotatable bonds is 4. The SMILES string of the molecule is CC1(N)CCCCC1C(=O)Nc1ccc(Cl)c(C(=O)NC2CCCCC2)c1. The Labute approximate surface area is 166 Å². The standard InChI is InChI=1S/C21H30ClN3O2/c1-21(23)12-6-5-9-17(21)20(27)25-15-10-11-18(22)16(13-15)19(26)24-14-7-3-2-4-8-14/h10-11,13-14,17H,2-9,12,23H2,1H3,(H,24,26)(H,25,27). The fourth-order valence-corrected chi connectivity index (χ4v) is 4.51. The number of carbonyl (C=O) groups excluding carboxylic acids is 2. The van der Waals surface area contributed by atoms with Crippen molar-refractivity contribution >= 4 is 29.1 Å². The van der Waals surface area contributed by atoms with Gasteiger partial charge in [-0.1, -0.05) is 43.7 Å². The van der Waals surface area contributed by atoms with Crippen LogP contribution in [0.4, 0.5) is 5.69 Å². The van der Waals surface area contributed by atoms with Gasteiger partial charge in [0, 0.05) is 17.3 Å². The molecule has 0 spiro atoms. The van der Waals surface area contributed by atoms with Gasteiger partial charge in [0.25, 0.3) is 5.91 Å². The molecule has 1 aromatic rings. The number of nitrogens with two attached hydrogens (primary N) is 1. The average Bonchev–Trinajstić information content (AvgIpc) is 2.63. The average molecular weight is 392 g/mol. The molecule has 2 unspecified atom stereocenters. The fraction of sp³-hybridized carbons (Fsp3) is 0.619. The molecule has 2 saturated carbocycles. The molecule has 0 radical (unpaired) electrons. The van der Waals surface area contributed by atoms with Gasteiger partial charge in [-0.15, -0.1) is 0 Å². The molecule has 1 aromatic carbocycles. The van der Waals surface area contributed by atoms with E-state index in [2.05, 4.69) is 10.6 Å². The number of nitrogens with one attached hydrogen (secondary N) is 2. The van der Waals surface area contributed by atoms with Gasteiger partial charge in [0.15, 0.2) is 0 Å². The number of hydrogen-bond acceptors (Lipinski definition) is 3. The van der Waals surface area contributed by atoms with Crippen LogP contribution in [0.2, 0.25) is 5.02 Å². The van der Waals surface area contributed by atoms with Crippen molar-refractivity contribution < 1.29 is 9.59 Å². The Morgan fingerprint density at radius 3 is 2.52 bits per heavy atom. The normalized spacial score (nSPS) is 26.4. The largest absolute Gasteiger partial charge is 0.349 e. The molecule has 4 N–H and O–H groups in total. The van der Waals surface area contributed by atoms with Gasteiger partial charge in [0.05, 0.1) is 16.5 Å². The first kappa shape index (κ1) is 20.2. The molecule has 2 atom stereocenters. The van der Waals surface area contributed by atoms with Gasteiger partial charge in [-0.3, -0.25) is 9.59 Å². The zero-order valence-corrected chi connectivity index (χ0v) is 16.8. The summed E-state index contributed by atoms with van der Waals surface area (Å²) >= 11 is 6.25. The molecule has 6 heteroatoms. The van der Waals surface area contributed by atoms with E-state index < -0.39 is 5.54 Å². The van der Waals surface area contributed by atoms with E-state index in [4.69, 9.17) is 17.3 Å². The molecule has 5 nitrogen and oxygen atoms in total. The summed E-state index contributed by atoms with van der Waals surface area (Å²) in [5.74, 6) is -0.480.